The number of nitrogens with zero attached hydrogens (tertiary/aromatic N) is 5. The highest BCUT2D eigenvalue weighted by molar-refractivity contribution is 7.92. The molecule has 3 aromatic rings. The third-order valence-corrected chi connectivity index (χ3v) is 7.59. The molecule has 2 aliphatic rings. The molecule has 0 amide bonds. The Balaban J connectivity index is 1.61. The molecule has 1 aliphatic carbocycles. The number of carboxylic acids is 1. The predicted molar refractivity (Wildman–Crippen MR) is 121 cm³/mol. The van der Waals surface area contributed by atoms with E-state index in [1.165, 1.54) is 30.6 Å². The lowest BCUT2D eigenvalue weighted by molar-refractivity contribution is 0.0696. The number of anilines is 2. The standard InChI is InChI=1S/C22H23FN6O4S/c23-17-11-20(28-8-2-1-3-9-28)18(12-19(17)29-13-24-26-27-29)25-34(32,33)21-10-15(22(30)31)6-7-16(21)14-4-5-14/h6-7,10-14,25H,1-5,8-9H2,(H,30,31). The van der Waals surface area contributed by atoms with Gasteiger partial charge in [-0.3, -0.25) is 4.72 Å². The molecule has 0 unspecified atom stereocenters. The molecule has 10 nitrogen and oxygen atoms in total. The zero-order chi connectivity index (χ0) is 23.9. The SMILES string of the molecule is O=C(O)c1ccc(C2CC2)c(S(=O)(=O)Nc2cc(-n3cnnn3)c(F)cc2N2CCCCC2)c1. The normalized spacial score (nSPS) is 16.4. The van der Waals surface area contributed by atoms with Crippen molar-refractivity contribution < 1.29 is 22.7 Å². The van der Waals surface area contributed by atoms with E-state index in [-0.39, 0.29) is 27.8 Å². The molecule has 0 spiro atoms. The summed E-state index contributed by atoms with van der Waals surface area (Å²) in [6.45, 7) is 1.33. The Labute approximate surface area is 195 Å². The number of tetrazole rings is 1. The number of hydrogen-bond donors (Lipinski definition) is 2. The van der Waals surface area contributed by atoms with Gasteiger partial charge in [-0.2, -0.15) is 4.68 Å². The van der Waals surface area contributed by atoms with Gasteiger partial charge in [0, 0.05) is 19.2 Å². The first-order valence-electron chi connectivity index (χ1n) is 11.1. The molecule has 2 aromatic carbocycles. The van der Waals surface area contributed by atoms with Crippen LogP contribution in [0.2, 0.25) is 0 Å². The summed E-state index contributed by atoms with van der Waals surface area (Å²) in [5.41, 5.74) is 1.05. The van der Waals surface area contributed by atoms with Crippen LogP contribution in [0.4, 0.5) is 15.8 Å². The van der Waals surface area contributed by atoms with E-state index in [1.807, 2.05) is 4.90 Å². The van der Waals surface area contributed by atoms with Gasteiger partial charge in [-0.05, 0) is 72.2 Å². The molecule has 0 radical (unpaired) electrons. The summed E-state index contributed by atoms with van der Waals surface area (Å²) in [6.07, 6.45) is 5.78. The van der Waals surface area contributed by atoms with Crippen LogP contribution in [-0.4, -0.2) is 52.8 Å². The van der Waals surface area contributed by atoms with Crippen molar-refractivity contribution in [1.29, 1.82) is 0 Å². The Hall–Kier alpha value is -3.54. The van der Waals surface area contributed by atoms with Crippen LogP contribution in [0.1, 0.15) is 53.9 Å². The maximum Gasteiger partial charge on any atom is 0.335 e. The smallest absolute Gasteiger partial charge is 0.335 e. The van der Waals surface area contributed by atoms with E-state index in [0.717, 1.165) is 36.8 Å². The number of aromatic nitrogens is 4. The molecule has 12 heteroatoms. The van der Waals surface area contributed by atoms with Gasteiger partial charge >= 0.3 is 5.97 Å². The Morgan fingerprint density at radius 3 is 2.50 bits per heavy atom. The van der Waals surface area contributed by atoms with Crippen LogP contribution in [-0.2, 0) is 10.0 Å². The number of benzene rings is 2. The lowest BCUT2D eigenvalue weighted by Crippen LogP contribution is -2.31. The second-order valence-electron chi connectivity index (χ2n) is 8.56. The average Bonchev–Trinajstić information content (AvgIpc) is 3.53. The highest BCUT2D eigenvalue weighted by Gasteiger charge is 2.32. The molecular weight excluding hydrogens is 463 g/mol. The van der Waals surface area contributed by atoms with E-state index < -0.39 is 21.8 Å². The Morgan fingerprint density at radius 1 is 1.09 bits per heavy atom. The summed E-state index contributed by atoms with van der Waals surface area (Å²) in [5, 5.41) is 20.2. The van der Waals surface area contributed by atoms with E-state index in [1.54, 1.807) is 6.07 Å². The van der Waals surface area contributed by atoms with Gasteiger partial charge in [0.1, 0.15) is 12.0 Å². The largest absolute Gasteiger partial charge is 0.478 e. The predicted octanol–water partition coefficient (Wildman–Crippen LogP) is 3.17. The summed E-state index contributed by atoms with van der Waals surface area (Å²) in [6, 6.07) is 6.83. The average molecular weight is 487 g/mol. The zero-order valence-electron chi connectivity index (χ0n) is 18.2. The summed E-state index contributed by atoms with van der Waals surface area (Å²) in [4.78, 5) is 13.4. The minimum absolute atomic E-state index is 0.00911. The molecule has 0 bridgehead atoms. The number of piperidine rings is 1. The molecule has 178 valence electrons. The molecular formula is C22H23FN6O4S. The molecule has 2 N–H and O–H groups in total. The van der Waals surface area contributed by atoms with Gasteiger partial charge in [-0.15, -0.1) is 5.10 Å². The number of carboxylic acid groups (broad SMARTS) is 1. The first-order valence-corrected chi connectivity index (χ1v) is 12.5. The van der Waals surface area contributed by atoms with Gasteiger partial charge in [0.05, 0.1) is 21.8 Å². The van der Waals surface area contributed by atoms with Crippen LogP contribution in [0.25, 0.3) is 5.69 Å². The van der Waals surface area contributed by atoms with Gasteiger partial charge < -0.3 is 10.0 Å². The van der Waals surface area contributed by atoms with Crippen LogP contribution in [0, 0.1) is 5.82 Å². The van der Waals surface area contributed by atoms with Crippen molar-refractivity contribution in [2.24, 2.45) is 0 Å². The molecule has 34 heavy (non-hydrogen) atoms. The first kappa shape index (κ1) is 22.3. The molecule has 2 fully saturated rings. The van der Waals surface area contributed by atoms with Gasteiger partial charge in [-0.1, -0.05) is 6.07 Å². The van der Waals surface area contributed by atoms with Crippen LogP contribution in [0.3, 0.4) is 0 Å². The van der Waals surface area contributed by atoms with Crippen molar-refractivity contribution in [3.8, 4) is 5.69 Å². The maximum atomic E-state index is 15.0. The van der Waals surface area contributed by atoms with E-state index in [4.69, 9.17) is 0 Å². The molecule has 1 aromatic heterocycles. The summed E-state index contributed by atoms with van der Waals surface area (Å²) >= 11 is 0. The van der Waals surface area contributed by atoms with Crippen molar-refractivity contribution in [2.75, 3.05) is 22.7 Å². The molecule has 1 aliphatic heterocycles. The highest BCUT2D eigenvalue weighted by Crippen LogP contribution is 2.44. The second-order valence-corrected chi connectivity index (χ2v) is 10.2. The minimum atomic E-state index is -4.19. The van der Waals surface area contributed by atoms with Crippen molar-refractivity contribution in [2.45, 2.75) is 42.9 Å². The molecule has 1 saturated heterocycles. The number of carbonyl (C=O) groups is 1. The summed E-state index contributed by atoms with van der Waals surface area (Å²) in [5.74, 6) is -1.74. The first-order chi connectivity index (χ1) is 16.3. The fourth-order valence-electron chi connectivity index (χ4n) is 4.31. The Morgan fingerprint density at radius 2 is 1.85 bits per heavy atom. The van der Waals surface area contributed by atoms with Crippen LogP contribution < -0.4 is 9.62 Å². The number of hydrogen-bond acceptors (Lipinski definition) is 7. The highest BCUT2D eigenvalue weighted by atomic mass is 32.2. The van der Waals surface area contributed by atoms with Crippen molar-refractivity contribution in [3.05, 3.63) is 53.6 Å². The Kier molecular flexibility index (Phi) is 5.68. The lowest BCUT2D eigenvalue weighted by atomic mass is 10.1. The fourth-order valence-corrected chi connectivity index (χ4v) is 5.70. The monoisotopic (exact) mass is 486 g/mol. The zero-order valence-corrected chi connectivity index (χ0v) is 19.0. The van der Waals surface area contributed by atoms with Crippen LogP contribution in [0.5, 0.6) is 0 Å². The number of nitrogens with one attached hydrogen (secondary N) is 1. The topological polar surface area (TPSA) is 130 Å². The van der Waals surface area contributed by atoms with Crippen molar-refractivity contribution >= 4 is 27.4 Å². The van der Waals surface area contributed by atoms with E-state index in [9.17, 15) is 18.3 Å². The van der Waals surface area contributed by atoms with Crippen LogP contribution >= 0.6 is 0 Å². The molecule has 5 rings (SSSR count). The van der Waals surface area contributed by atoms with E-state index in [2.05, 4.69) is 20.2 Å². The number of rotatable bonds is 7. The number of sulfonamides is 1. The van der Waals surface area contributed by atoms with Crippen molar-refractivity contribution in [1.82, 2.24) is 20.2 Å². The summed E-state index contributed by atoms with van der Waals surface area (Å²) < 4.78 is 45.9. The molecule has 0 atom stereocenters. The summed E-state index contributed by atoms with van der Waals surface area (Å²) in [7, 11) is -4.19. The van der Waals surface area contributed by atoms with E-state index in [0.29, 0.717) is 24.3 Å². The third kappa shape index (κ3) is 4.32. The van der Waals surface area contributed by atoms with E-state index >= 15 is 4.39 Å². The van der Waals surface area contributed by atoms with Gasteiger partial charge in [0.25, 0.3) is 10.0 Å². The quantitative estimate of drug-likeness (QED) is 0.521. The fraction of sp³-hybridized carbons (Fsp3) is 0.364. The van der Waals surface area contributed by atoms with Crippen LogP contribution in [0.15, 0.2) is 41.6 Å². The number of halogens is 1. The van der Waals surface area contributed by atoms with Gasteiger partial charge in [-0.25, -0.2) is 17.6 Å². The molecule has 2 heterocycles. The maximum absolute atomic E-state index is 15.0. The lowest BCUT2D eigenvalue weighted by Gasteiger charge is -2.31. The minimum Gasteiger partial charge on any atom is -0.478 e. The number of aromatic carboxylic acids is 1. The third-order valence-electron chi connectivity index (χ3n) is 6.17. The van der Waals surface area contributed by atoms with Crippen molar-refractivity contribution in [3.63, 3.8) is 0 Å². The molecule has 1 saturated carbocycles. The van der Waals surface area contributed by atoms with Gasteiger partial charge in [0.15, 0.2) is 5.82 Å². The Bertz CT molecular complexity index is 1340. The second kappa shape index (κ2) is 8.67. The van der Waals surface area contributed by atoms with Gasteiger partial charge in [0.2, 0.25) is 0 Å².